The molecule has 0 aliphatic heterocycles. The molecule has 0 unspecified atom stereocenters. The van der Waals surface area contributed by atoms with E-state index in [-0.39, 0.29) is 5.56 Å². The summed E-state index contributed by atoms with van der Waals surface area (Å²) >= 11 is 0. The molecule has 0 radical (unpaired) electrons. The van der Waals surface area contributed by atoms with E-state index in [4.69, 9.17) is 23.7 Å². The van der Waals surface area contributed by atoms with Crippen molar-refractivity contribution in [2.45, 2.75) is 0 Å². The summed E-state index contributed by atoms with van der Waals surface area (Å²) in [5.41, 5.74) is 0.665. The average molecular weight is 437 g/mol. The molecule has 166 valence electrons. The first-order valence-corrected chi connectivity index (χ1v) is 9.64. The first kappa shape index (κ1) is 22.5. The molecule has 0 aromatic heterocycles. The number of anilines is 1. The highest BCUT2D eigenvalue weighted by molar-refractivity contribution is 5.96. The summed E-state index contributed by atoms with van der Waals surface area (Å²) < 4.78 is 26.6. The van der Waals surface area contributed by atoms with E-state index in [1.54, 1.807) is 48.5 Å². The van der Waals surface area contributed by atoms with Crippen LogP contribution in [0.15, 0.2) is 66.7 Å². The van der Waals surface area contributed by atoms with Gasteiger partial charge in [0.15, 0.2) is 18.1 Å². The molecule has 0 saturated carbocycles. The molecule has 1 N–H and O–H groups in total. The van der Waals surface area contributed by atoms with Crippen LogP contribution in [0, 0.1) is 0 Å². The summed E-state index contributed by atoms with van der Waals surface area (Å²) in [6, 6.07) is 18.9. The zero-order valence-corrected chi connectivity index (χ0v) is 17.9. The summed E-state index contributed by atoms with van der Waals surface area (Å²) in [6.45, 7) is -0.473. The van der Waals surface area contributed by atoms with E-state index in [1.165, 1.54) is 21.3 Å². The minimum atomic E-state index is -0.649. The van der Waals surface area contributed by atoms with Crippen LogP contribution in [-0.4, -0.2) is 39.8 Å². The number of methoxy groups -OCH3 is 3. The predicted molar refractivity (Wildman–Crippen MR) is 118 cm³/mol. The molecule has 1 amide bonds. The molecule has 0 atom stereocenters. The maximum absolute atomic E-state index is 12.4. The van der Waals surface area contributed by atoms with E-state index in [0.29, 0.717) is 34.4 Å². The largest absolute Gasteiger partial charge is 0.493 e. The quantitative estimate of drug-likeness (QED) is 0.499. The maximum Gasteiger partial charge on any atom is 0.338 e. The molecule has 8 heteroatoms. The normalized spacial score (nSPS) is 10.1. The number of esters is 1. The van der Waals surface area contributed by atoms with Gasteiger partial charge in [-0.3, -0.25) is 4.79 Å². The van der Waals surface area contributed by atoms with Gasteiger partial charge in [-0.1, -0.05) is 24.3 Å². The minimum Gasteiger partial charge on any atom is -0.493 e. The molecule has 0 fully saturated rings. The summed E-state index contributed by atoms with van der Waals surface area (Å²) in [5.74, 6) is 1.11. The average Bonchev–Trinajstić information content (AvgIpc) is 2.82. The number of benzene rings is 3. The van der Waals surface area contributed by atoms with E-state index in [0.717, 1.165) is 0 Å². The zero-order chi connectivity index (χ0) is 22.9. The van der Waals surface area contributed by atoms with Gasteiger partial charge in [-0.05, 0) is 30.3 Å². The van der Waals surface area contributed by atoms with Crippen molar-refractivity contribution in [3.63, 3.8) is 0 Å². The van der Waals surface area contributed by atoms with Gasteiger partial charge in [-0.2, -0.15) is 0 Å². The molecule has 0 spiro atoms. The monoisotopic (exact) mass is 437 g/mol. The van der Waals surface area contributed by atoms with Crippen molar-refractivity contribution in [3.8, 4) is 28.7 Å². The van der Waals surface area contributed by atoms with Crippen molar-refractivity contribution >= 4 is 17.6 Å². The lowest BCUT2D eigenvalue weighted by Gasteiger charge is -2.14. The Morgan fingerprint density at radius 2 is 1.44 bits per heavy atom. The number of carbonyl (C=O) groups excluding carboxylic acids is 2. The van der Waals surface area contributed by atoms with Crippen LogP contribution in [0.2, 0.25) is 0 Å². The van der Waals surface area contributed by atoms with Gasteiger partial charge in [0.25, 0.3) is 5.91 Å². The number of ether oxygens (including phenoxy) is 5. The number of amides is 1. The second-order valence-electron chi connectivity index (χ2n) is 6.48. The first-order valence-electron chi connectivity index (χ1n) is 9.64. The Morgan fingerprint density at radius 1 is 0.781 bits per heavy atom. The molecule has 3 aromatic rings. The second kappa shape index (κ2) is 10.7. The number of hydrogen-bond donors (Lipinski definition) is 1. The predicted octanol–water partition coefficient (Wildman–Crippen LogP) is 4.30. The smallest absolute Gasteiger partial charge is 0.338 e. The van der Waals surface area contributed by atoms with Crippen LogP contribution in [0.5, 0.6) is 28.7 Å². The topological polar surface area (TPSA) is 92.3 Å². The van der Waals surface area contributed by atoms with Crippen LogP contribution >= 0.6 is 0 Å². The van der Waals surface area contributed by atoms with Gasteiger partial charge < -0.3 is 29.0 Å². The van der Waals surface area contributed by atoms with E-state index >= 15 is 0 Å². The molecule has 0 bridgehead atoms. The van der Waals surface area contributed by atoms with Crippen molar-refractivity contribution in [1.29, 1.82) is 0 Å². The van der Waals surface area contributed by atoms with Gasteiger partial charge in [-0.25, -0.2) is 4.79 Å². The molecular formula is C24H23NO7. The third-order valence-electron chi connectivity index (χ3n) is 4.33. The summed E-state index contributed by atoms with van der Waals surface area (Å²) in [5, 5.41) is 2.64. The van der Waals surface area contributed by atoms with Gasteiger partial charge in [0, 0.05) is 17.8 Å². The fraction of sp³-hybridized carbons (Fsp3) is 0.167. The van der Waals surface area contributed by atoms with E-state index in [2.05, 4.69) is 5.32 Å². The van der Waals surface area contributed by atoms with E-state index in [1.807, 2.05) is 18.2 Å². The number of carbonyl (C=O) groups is 2. The van der Waals surface area contributed by atoms with Gasteiger partial charge >= 0.3 is 5.97 Å². The van der Waals surface area contributed by atoms with Crippen molar-refractivity contribution in [3.05, 3.63) is 72.3 Å². The Kier molecular flexibility index (Phi) is 7.53. The molecule has 32 heavy (non-hydrogen) atoms. The van der Waals surface area contributed by atoms with Crippen LogP contribution < -0.4 is 24.3 Å². The molecule has 0 aliphatic carbocycles. The number of nitrogens with one attached hydrogen (secondary N) is 1. The van der Waals surface area contributed by atoms with Crippen LogP contribution in [-0.2, 0) is 9.53 Å². The summed E-state index contributed by atoms with van der Waals surface area (Å²) in [4.78, 5) is 24.7. The van der Waals surface area contributed by atoms with Crippen LogP contribution in [0.3, 0.4) is 0 Å². The molecule has 0 saturated heterocycles. The van der Waals surface area contributed by atoms with Crippen molar-refractivity contribution in [1.82, 2.24) is 0 Å². The molecule has 3 rings (SSSR count). The Labute approximate surface area is 185 Å². The highest BCUT2D eigenvalue weighted by Crippen LogP contribution is 2.39. The van der Waals surface area contributed by atoms with Gasteiger partial charge in [0.2, 0.25) is 5.75 Å². The Morgan fingerprint density at radius 3 is 2.06 bits per heavy atom. The SMILES string of the molecule is COc1cc(NC(=O)COC(=O)c2cccc(Oc3ccccc3)c2)cc(OC)c1OC. The first-order chi connectivity index (χ1) is 15.5. The van der Waals surface area contributed by atoms with Crippen LogP contribution in [0.25, 0.3) is 0 Å². The van der Waals surface area contributed by atoms with Crippen molar-refractivity contribution < 1.29 is 33.3 Å². The van der Waals surface area contributed by atoms with E-state index < -0.39 is 18.5 Å². The number of rotatable bonds is 9. The Hall–Kier alpha value is -4.20. The van der Waals surface area contributed by atoms with E-state index in [9.17, 15) is 9.59 Å². The fourth-order valence-electron chi connectivity index (χ4n) is 2.88. The minimum absolute atomic E-state index is 0.263. The molecule has 0 aliphatic rings. The third-order valence-corrected chi connectivity index (χ3v) is 4.33. The highest BCUT2D eigenvalue weighted by atomic mass is 16.5. The summed E-state index contributed by atoms with van der Waals surface area (Å²) in [7, 11) is 4.43. The molecular weight excluding hydrogens is 414 g/mol. The van der Waals surface area contributed by atoms with Gasteiger partial charge in [0.1, 0.15) is 11.5 Å². The van der Waals surface area contributed by atoms with Crippen molar-refractivity contribution in [2.75, 3.05) is 33.3 Å². The third kappa shape index (κ3) is 5.69. The molecule has 8 nitrogen and oxygen atoms in total. The molecule has 0 heterocycles. The van der Waals surface area contributed by atoms with Crippen molar-refractivity contribution in [2.24, 2.45) is 0 Å². The van der Waals surface area contributed by atoms with Crippen LogP contribution in [0.1, 0.15) is 10.4 Å². The van der Waals surface area contributed by atoms with Gasteiger partial charge in [0.05, 0.1) is 26.9 Å². The number of hydrogen-bond acceptors (Lipinski definition) is 7. The standard InChI is InChI=1S/C24H23NO7/c1-28-20-13-17(14-21(29-2)23(20)30-3)25-22(26)15-31-24(27)16-8-7-11-19(12-16)32-18-9-5-4-6-10-18/h4-14H,15H2,1-3H3,(H,25,26). The van der Waals surface area contributed by atoms with Gasteiger partial charge in [-0.15, -0.1) is 0 Å². The number of para-hydroxylation sites is 1. The lowest BCUT2D eigenvalue weighted by Crippen LogP contribution is -2.21. The Balaban J connectivity index is 1.60. The Bertz CT molecular complexity index is 1060. The second-order valence-corrected chi connectivity index (χ2v) is 6.48. The lowest BCUT2D eigenvalue weighted by atomic mass is 10.2. The highest BCUT2D eigenvalue weighted by Gasteiger charge is 2.16. The molecule has 3 aromatic carbocycles. The summed E-state index contributed by atoms with van der Waals surface area (Å²) in [6.07, 6.45) is 0. The zero-order valence-electron chi connectivity index (χ0n) is 17.9. The van der Waals surface area contributed by atoms with Crippen LogP contribution in [0.4, 0.5) is 5.69 Å². The maximum atomic E-state index is 12.4. The fourth-order valence-corrected chi connectivity index (χ4v) is 2.88. The lowest BCUT2D eigenvalue weighted by molar-refractivity contribution is -0.119.